The van der Waals surface area contributed by atoms with E-state index in [1.807, 2.05) is 26.0 Å². The van der Waals surface area contributed by atoms with E-state index >= 15 is 0 Å². The maximum atomic E-state index is 13.2. The third-order valence-corrected chi connectivity index (χ3v) is 3.12. The van der Waals surface area contributed by atoms with Crippen molar-refractivity contribution in [3.05, 3.63) is 35.1 Å². The van der Waals surface area contributed by atoms with Crippen molar-refractivity contribution in [3.63, 3.8) is 0 Å². The van der Waals surface area contributed by atoms with Gasteiger partial charge in [0.25, 0.3) is 0 Å². The van der Waals surface area contributed by atoms with Crippen molar-refractivity contribution in [1.82, 2.24) is 5.32 Å². The van der Waals surface area contributed by atoms with Gasteiger partial charge in [-0.1, -0.05) is 12.1 Å². The second-order valence-corrected chi connectivity index (χ2v) is 4.75. The number of hydrogen-bond acceptors (Lipinski definition) is 2. The molecule has 3 heteroatoms. The Bertz CT molecular complexity index is 394. The van der Waals surface area contributed by atoms with Crippen LogP contribution in [-0.4, -0.2) is 19.2 Å². The van der Waals surface area contributed by atoms with E-state index in [0.717, 1.165) is 18.7 Å². The van der Waals surface area contributed by atoms with Gasteiger partial charge in [-0.3, -0.25) is 0 Å². The molecule has 0 bridgehead atoms. The van der Waals surface area contributed by atoms with Gasteiger partial charge in [0, 0.05) is 13.1 Å². The zero-order chi connectivity index (χ0) is 11.8. The van der Waals surface area contributed by atoms with Gasteiger partial charge in [-0.2, -0.15) is 0 Å². The fourth-order valence-corrected chi connectivity index (χ4v) is 2.19. The third kappa shape index (κ3) is 2.11. The maximum Gasteiger partial charge on any atom is 0.126 e. The minimum atomic E-state index is -0.351. The molecule has 1 aromatic carbocycles. The average molecular weight is 223 g/mol. The normalized spacial score (nSPS) is 30.4. The Morgan fingerprint density at radius 1 is 1.50 bits per heavy atom. The number of hydrogen-bond donors (Lipinski definition) is 1. The van der Waals surface area contributed by atoms with Crippen LogP contribution in [0.3, 0.4) is 0 Å². The van der Waals surface area contributed by atoms with Gasteiger partial charge in [-0.25, -0.2) is 4.39 Å². The molecule has 2 rings (SSSR count). The molecule has 1 aliphatic rings. The van der Waals surface area contributed by atoms with Gasteiger partial charge in [0.1, 0.15) is 11.4 Å². The van der Waals surface area contributed by atoms with E-state index in [0.29, 0.717) is 5.56 Å². The summed E-state index contributed by atoms with van der Waals surface area (Å²) in [5, 5.41) is 3.34. The molecule has 1 saturated heterocycles. The van der Waals surface area contributed by atoms with E-state index in [9.17, 15) is 4.39 Å². The molecule has 1 aromatic rings. The van der Waals surface area contributed by atoms with E-state index in [-0.39, 0.29) is 17.5 Å². The number of halogens is 1. The van der Waals surface area contributed by atoms with Gasteiger partial charge in [0.15, 0.2) is 0 Å². The third-order valence-electron chi connectivity index (χ3n) is 3.12. The van der Waals surface area contributed by atoms with E-state index in [1.54, 1.807) is 6.92 Å². The van der Waals surface area contributed by atoms with Gasteiger partial charge in [-0.05, 0) is 38.0 Å². The second kappa shape index (κ2) is 4.15. The van der Waals surface area contributed by atoms with Crippen molar-refractivity contribution in [3.8, 4) is 0 Å². The zero-order valence-corrected chi connectivity index (χ0v) is 10.0. The smallest absolute Gasteiger partial charge is 0.126 e. The number of benzene rings is 1. The van der Waals surface area contributed by atoms with Crippen LogP contribution in [0.5, 0.6) is 0 Å². The highest BCUT2D eigenvalue weighted by Crippen LogP contribution is 2.29. The number of nitrogens with one attached hydrogen (secondary N) is 1. The van der Waals surface area contributed by atoms with E-state index in [2.05, 4.69) is 5.32 Å². The van der Waals surface area contributed by atoms with Crippen molar-refractivity contribution in [1.29, 1.82) is 0 Å². The topological polar surface area (TPSA) is 21.3 Å². The van der Waals surface area contributed by atoms with Gasteiger partial charge < -0.3 is 10.1 Å². The average Bonchev–Trinajstić information content (AvgIpc) is 2.21. The summed E-state index contributed by atoms with van der Waals surface area (Å²) in [7, 11) is 0. The Kier molecular flexibility index (Phi) is 3.00. The largest absolute Gasteiger partial charge is 0.365 e. The molecule has 0 radical (unpaired) electrons. The Balaban J connectivity index is 2.31. The summed E-state index contributed by atoms with van der Waals surface area (Å²) in [5.74, 6) is -0.163. The summed E-state index contributed by atoms with van der Waals surface area (Å²) in [6.07, 6.45) is 0.184. The highest BCUT2D eigenvalue weighted by molar-refractivity contribution is 5.29. The number of morpholine rings is 1. The maximum absolute atomic E-state index is 13.2. The predicted molar refractivity (Wildman–Crippen MR) is 61.9 cm³/mol. The second-order valence-electron chi connectivity index (χ2n) is 4.75. The lowest BCUT2D eigenvalue weighted by Gasteiger charge is -2.38. The predicted octanol–water partition coefficient (Wildman–Crippen LogP) is 2.36. The van der Waals surface area contributed by atoms with Gasteiger partial charge in [0.2, 0.25) is 0 Å². The summed E-state index contributed by atoms with van der Waals surface area (Å²) in [4.78, 5) is 0. The van der Waals surface area contributed by atoms with Crippen molar-refractivity contribution >= 4 is 0 Å². The molecule has 0 spiro atoms. The van der Waals surface area contributed by atoms with Crippen molar-refractivity contribution in [2.45, 2.75) is 32.5 Å². The monoisotopic (exact) mass is 223 g/mol. The Morgan fingerprint density at radius 2 is 2.25 bits per heavy atom. The van der Waals surface area contributed by atoms with E-state index in [4.69, 9.17) is 4.74 Å². The zero-order valence-electron chi connectivity index (χ0n) is 10.0. The molecule has 2 nitrogen and oxygen atoms in total. The first kappa shape index (κ1) is 11.6. The lowest BCUT2D eigenvalue weighted by molar-refractivity contribution is -0.102. The van der Waals surface area contributed by atoms with Crippen molar-refractivity contribution < 1.29 is 9.13 Å². The number of aryl methyl sites for hydroxylation is 1. The molecule has 2 atom stereocenters. The minimum absolute atomic E-state index is 0.163. The van der Waals surface area contributed by atoms with Crippen LogP contribution in [0.4, 0.5) is 4.39 Å². The molecule has 0 aromatic heterocycles. The van der Waals surface area contributed by atoms with Crippen molar-refractivity contribution in [2.75, 3.05) is 13.1 Å². The lowest BCUT2D eigenvalue weighted by atomic mass is 9.92. The van der Waals surface area contributed by atoms with E-state index in [1.165, 1.54) is 6.07 Å². The summed E-state index contributed by atoms with van der Waals surface area (Å²) in [6.45, 7) is 7.50. The molecule has 1 heterocycles. The van der Waals surface area contributed by atoms with Gasteiger partial charge >= 0.3 is 0 Å². The fourth-order valence-electron chi connectivity index (χ4n) is 2.19. The van der Waals surface area contributed by atoms with Crippen LogP contribution in [0.1, 0.15) is 25.0 Å². The first-order valence-corrected chi connectivity index (χ1v) is 5.66. The minimum Gasteiger partial charge on any atom is -0.365 e. The van der Waals surface area contributed by atoms with Crippen molar-refractivity contribution in [2.24, 2.45) is 0 Å². The molecule has 2 unspecified atom stereocenters. The molecule has 16 heavy (non-hydrogen) atoms. The van der Waals surface area contributed by atoms with Gasteiger partial charge in [0.05, 0.1) is 6.10 Å². The molecule has 1 fully saturated rings. The van der Waals surface area contributed by atoms with E-state index < -0.39 is 0 Å². The van der Waals surface area contributed by atoms with Gasteiger partial charge in [-0.15, -0.1) is 0 Å². The number of ether oxygens (including phenoxy) is 1. The Hall–Kier alpha value is -0.930. The fraction of sp³-hybridized carbons (Fsp3) is 0.538. The molecular weight excluding hydrogens is 205 g/mol. The molecular formula is C13H18FNO. The summed E-state index contributed by atoms with van der Waals surface area (Å²) >= 11 is 0. The molecule has 0 amide bonds. The van der Waals surface area contributed by atoms with Crippen LogP contribution in [0, 0.1) is 12.7 Å². The van der Waals surface area contributed by atoms with Crippen LogP contribution in [0.15, 0.2) is 18.2 Å². The summed E-state index contributed by atoms with van der Waals surface area (Å²) in [6, 6.07) is 5.19. The number of rotatable bonds is 1. The lowest BCUT2D eigenvalue weighted by Crippen LogP contribution is -2.49. The summed E-state index contributed by atoms with van der Waals surface area (Å²) in [5.41, 5.74) is 1.35. The highest BCUT2D eigenvalue weighted by Gasteiger charge is 2.33. The molecule has 0 aliphatic carbocycles. The first-order chi connectivity index (χ1) is 7.51. The first-order valence-electron chi connectivity index (χ1n) is 5.66. The van der Waals surface area contributed by atoms with Crippen LogP contribution in [0.2, 0.25) is 0 Å². The standard InChI is InChI=1S/C13H18FNO/c1-9-6-11(4-5-12(9)14)13(3)8-15-7-10(2)16-13/h4-6,10,15H,7-8H2,1-3H3. The Morgan fingerprint density at radius 3 is 2.88 bits per heavy atom. The molecule has 1 N–H and O–H groups in total. The summed E-state index contributed by atoms with van der Waals surface area (Å²) < 4.78 is 19.2. The van der Waals surface area contributed by atoms with Crippen LogP contribution < -0.4 is 5.32 Å². The molecule has 1 aliphatic heterocycles. The molecule has 0 saturated carbocycles. The molecule has 88 valence electrons. The quantitative estimate of drug-likeness (QED) is 0.789. The highest BCUT2D eigenvalue weighted by atomic mass is 19.1. The van der Waals surface area contributed by atoms with Crippen LogP contribution in [0.25, 0.3) is 0 Å². The van der Waals surface area contributed by atoms with Crippen LogP contribution >= 0.6 is 0 Å². The SMILES string of the molecule is Cc1cc(C2(C)CNCC(C)O2)ccc1F. The Labute approximate surface area is 95.8 Å². The van der Waals surface area contributed by atoms with Crippen LogP contribution in [-0.2, 0) is 10.3 Å².